The summed E-state index contributed by atoms with van der Waals surface area (Å²) in [5.41, 5.74) is 8.37. The van der Waals surface area contributed by atoms with Gasteiger partial charge in [-0.1, -0.05) is 0 Å². The van der Waals surface area contributed by atoms with Crippen molar-refractivity contribution in [2.75, 3.05) is 36.7 Å². The molecule has 35 heavy (non-hydrogen) atoms. The Morgan fingerprint density at radius 2 is 1.74 bits per heavy atom. The van der Waals surface area contributed by atoms with Crippen molar-refractivity contribution < 1.29 is 24.6 Å². The molecule has 5 N–H and O–H groups in total. The van der Waals surface area contributed by atoms with E-state index in [0.717, 1.165) is 5.69 Å². The molecule has 2 aromatic heterocycles. The summed E-state index contributed by atoms with van der Waals surface area (Å²) in [6.07, 6.45) is 1.03. The Kier molecular flexibility index (Phi) is 7.59. The van der Waals surface area contributed by atoms with E-state index in [9.17, 15) is 19.5 Å². The van der Waals surface area contributed by atoms with Gasteiger partial charge in [-0.05, 0) is 30.7 Å². The highest BCUT2D eigenvalue weighted by Crippen LogP contribution is 2.21. The number of carboxylic acids is 2. The van der Waals surface area contributed by atoms with Gasteiger partial charge < -0.3 is 31.1 Å². The summed E-state index contributed by atoms with van der Waals surface area (Å²) in [5.74, 6) is -2.36. The van der Waals surface area contributed by atoms with Crippen LogP contribution in [-0.2, 0) is 16.1 Å². The second-order valence-corrected chi connectivity index (χ2v) is 8.03. The average molecular weight is 483 g/mol. The lowest BCUT2D eigenvalue weighted by molar-refractivity contribution is -0.140. The molecule has 1 unspecified atom stereocenters. The van der Waals surface area contributed by atoms with Gasteiger partial charge in [-0.3, -0.25) is 9.59 Å². The normalized spacial score (nSPS) is 11.6. The molecule has 0 aliphatic rings. The predicted molar refractivity (Wildman–Crippen MR) is 128 cm³/mol. The molecule has 0 saturated heterocycles. The molecule has 0 spiro atoms. The Bertz CT molecular complexity index is 1250. The van der Waals surface area contributed by atoms with Gasteiger partial charge in [-0.15, -0.1) is 0 Å². The van der Waals surface area contributed by atoms with Gasteiger partial charge in [0.2, 0.25) is 5.95 Å². The van der Waals surface area contributed by atoms with Gasteiger partial charge in [-0.2, -0.15) is 9.97 Å². The van der Waals surface area contributed by atoms with Crippen LogP contribution in [0.2, 0.25) is 0 Å². The van der Waals surface area contributed by atoms with E-state index in [-0.39, 0.29) is 24.4 Å². The molecule has 0 aliphatic carbocycles. The van der Waals surface area contributed by atoms with Gasteiger partial charge in [0.05, 0.1) is 18.4 Å². The lowest BCUT2D eigenvalue weighted by Crippen LogP contribution is -2.41. The standard InChI is InChI=1S/C22H26N8O5/c1-29(2)19-17-18(27-22(23)28-19)24-10-13(25-17)11-30(3)14-6-4-12(5-7-14)20(33)26-15(21(34)35)8-9-16(31)32/h4-7,10,15H,8-9,11H2,1-3H3,(H,26,33)(H,31,32)(H,34,35)(H2,23,24,27,28). The molecule has 13 nitrogen and oxygen atoms in total. The fraction of sp³-hybridized carbons (Fsp3) is 0.318. The maximum atomic E-state index is 12.4. The van der Waals surface area contributed by atoms with Crippen molar-refractivity contribution in [3.63, 3.8) is 0 Å². The minimum absolute atomic E-state index is 0.112. The van der Waals surface area contributed by atoms with Crippen LogP contribution in [0.5, 0.6) is 0 Å². The molecule has 13 heteroatoms. The van der Waals surface area contributed by atoms with E-state index in [1.165, 1.54) is 0 Å². The third-order valence-corrected chi connectivity index (χ3v) is 5.10. The number of fused-ring (bicyclic) bond motifs is 1. The maximum Gasteiger partial charge on any atom is 0.326 e. The smallest absolute Gasteiger partial charge is 0.326 e. The summed E-state index contributed by atoms with van der Waals surface area (Å²) in [7, 11) is 5.49. The number of benzene rings is 1. The molecule has 0 bridgehead atoms. The molecule has 1 aromatic carbocycles. The summed E-state index contributed by atoms with van der Waals surface area (Å²) >= 11 is 0. The number of carbonyl (C=O) groups is 3. The fourth-order valence-electron chi connectivity index (χ4n) is 3.30. The molecule has 1 amide bonds. The van der Waals surface area contributed by atoms with E-state index in [2.05, 4.69) is 25.3 Å². The number of anilines is 3. The fourth-order valence-corrected chi connectivity index (χ4v) is 3.30. The molecule has 3 rings (SSSR count). The number of carbonyl (C=O) groups excluding carboxylic acids is 1. The van der Waals surface area contributed by atoms with Crippen LogP contribution in [0.1, 0.15) is 28.9 Å². The van der Waals surface area contributed by atoms with Crippen molar-refractivity contribution in [3.8, 4) is 0 Å². The van der Waals surface area contributed by atoms with Gasteiger partial charge in [0.15, 0.2) is 17.0 Å². The van der Waals surface area contributed by atoms with Crippen LogP contribution in [0, 0.1) is 0 Å². The molecule has 0 fully saturated rings. The van der Waals surface area contributed by atoms with Crippen LogP contribution in [0.15, 0.2) is 30.5 Å². The number of nitrogen functional groups attached to an aromatic ring is 1. The van der Waals surface area contributed by atoms with Crippen molar-refractivity contribution in [2.24, 2.45) is 0 Å². The van der Waals surface area contributed by atoms with Crippen LogP contribution >= 0.6 is 0 Å². The Morgan fingerprint density at radius 3 is 2.34 bits per heavy atom. The zero-order valence-electron chi connectivity index (χ0n) is 19.5. The third-order valence-electron chi connectivity index (χ3n) is 5.10. The lowest BCUT2D eigenvalue weighted by Gasteiger charge is -2.20. The van der Waals surface area contributed by atoms with Crippen molar-refractivity contribution in [2.45, 2.75) is 25.4 Å². The maximum absolute atomic E-state index is 12.4. The van der Waals surface area contributed by atoms with Crippen LogP contribution in [0.3, 0.4) is 0 Å². The average Bonchev–Trinajstić information content (AvgIpc) is 2.80. The van der Waals surface area contributed by atoms with Gasteiger partial charge >= 0.3 is 11.9 Å². The third kappa shape index (κ3) is 6.28. The first-order valence-electron chi connectivity index (χ1n) is 10.6. The topological polar surface area (TPSA) is 188 Å². The number of carboxylic acid groups (broad SMARTS) is 2. The molecule has 2 heterocycles. The van der Waals surface area contributed by atoms with E-state index in [0.29, 0.717) is 29.2 Å². The number of hydrogen-bond acceptors (Lipinski definition) is 10. The molecule has 3 aromatic rings. The van der Waals surface area contributed by atoms with E-state index in [4.69, 9.17) is 10.8 Å². The Balaban J connectivity index is 1.71. The number of aliphatic carboxylic acids is 2. The highest BCUT2D eigenvalue weighted by molar-refractivity contribution is 5.97. The molecular weight excluding hydrogens is 456 g/mol. The number of hydrogen-bond donors (Lipinski definition) is 4. The number of amides is 1. The van der Waals surface area contributed by atoms with Gasteiger partial charge in [-0.25, -0.2) is 14.8 Å². The van der Waals surface area contributed by atoms with Gasteiger partial charge in [0.1, 0.15) is 6.04 Å². The van der Waals surface area contributed by atoms with Crippen molar-refractivity contribution in [1.82, 2.24) is 25.3 Å². The monoisotopic (exact) mass is 482 g/mol. The van der Waals surface area contributed by atoms with Crippen molar-refractivity contribution in [1.29, 1.82) is 0 Å². The summed E-state index contributed by atoms with van der Waals surface area (Å²) in [4.78, 5) is 55.5. The Morgan fingerprint density at radius 1 is 1.06 bits per heavy atom. The summed E-state index contributed by atoms with van der Waals surface area (Å²) < 4.78 is 0. The van der Waals surface area contributed by atoms with Crippen LogP contribution in [-0.4, -0.2) is 75.2 Å². The largest absolute Gasteiger partial charge is 0.481 e. The Hall–Kier alpha value is -4.55. The summed E-state index contributed by atoms with van der Waals surface area (Å²) in [6, 6.07) is 5.25. The lowest BCUT2D eigenvalue weighted by atomic mass is 10.1. The minimum Gasteiger partial charge on any atom is -0.481 e. The van der Waals surface area contributed by atoms with E-state index < -0.39 is 23.9 Å². The minimum atomic E-state index is -1.29. The van der Waals surface area contributed by atoms with E-state index >= 15 is 0 Å². The van der Waals surface area contributed by atoms with Crippen LogP contribution < -0.4 is 20.9 Å². The molecule has 0 radical (unpaired) electrons. The van der Waals surface area contributed by atoms with Crippen LogP contribution in [0.25, 0.3) is 11.2 Å². The zero-order chi connectivity index (χ0) is 25.7. The number of nitrogens with two attached hydrogens (primary N) is 1. The first-order chi connectivity index (χ1) is 16.5. The molecule has 184 valence electrons. The zero-order valence-corrected chi connectivity index (χ0v) is 19.5. The van der Waals surface area contributed by atoms with Crippen molar-refractivity contribution >= 4 is 46.5 Å². The van der Waals surface area contributed by atoms with E-state index in [1.807, 2.05) is 26.0 Å². The van der Waals surface area contributed by atoms with Gasteiger partial charge in [0, 0.05) is 38.8 Å². The summed E-state index contributed by atoms with van der Waals surface area (Å²) in [6.45, 7) is 0.405. The number of rotatable bonds is 10. The van der Waals surface area contributed by atoms with E-state index in [1.54, 1.807) is 35.4 Å². The number of nitrogens with one attached hydrogen (secondary N) is 1. The second kappa shape index (κ2) is 10.6. The molecule has 0 saturated carbocycles. The highest BCUT2D eigenvalue weighted by Gasteiger charge is 2.21. The summed E-state index contributed by atoms with van der Waals surface area (Å²) in [5, 5.41) is 20.3. The van der Waals surface area contributed by atoms with Crippen molar-refractivity contribution in [3.05, 3.63) is 41.7 Å². The quantitative estimate of drug-likeness (QED) is 0.318. The second-order valence-electron chi connectivity index (χ2n) is 8.03. The highest BCUT2D eigenvalue weighted by atomic mass is 16.4. The predicted octanol–water partition coefficient (Wildman–Crippen LogP) is 0.752. The first kappa shape index (κ1) is 25.1. The SMILES string of the molecule is CN(C)c1nc(N)nc2ncc(CN(C)c3ccc(C(=O)NC(CCC(=O)O)C(=O)O)cc3)nc12. The Labute approximate surface area is 200 Å². The van der Waals surface area contributed by atoms with Crippen LogP contribution in [0.4, 0.5) is 17.5 Å². The molecular formula is C22H26N8O5. The number of nitrogens with zero attached hydrogens (tertiary/aromatic N) is 6. The molecule has 0 aliphatic heterocycles. The van der Waals surface area contributed by atoms with Gasteiger partial charge in [0.25, 0.3) is 5.91 Å². The first-order valence-corrected chi connectivity index (χ1v) is 10.6. The molecule has 1 atom stereocenters. The number of aromatic nitrogens is 4.